The molecule has 0 saturated heterocycles. The fourth-order valence-electron chi connectivity index (χ4n) is 1.44. The monoisotopic (exact) mass is 301 g/mol. The van der Waals surface area contributed by atoms with Gasteiger partial charge in [0.25, 0.3) is 10.0 Å². The van der Waals surface area contributed by atoms with Crippen molar-refractivity contribution in [2.45, 2.75) is 11.9 Å². The number of hydrogen-bond donors (Lipinski definition) is 2. The molecule has 0 unspecified atom stereocenters. The lowest BCUT2D eigenvalue weighted by atomic mass is 10.3. The summed E-state index contributed by atoms with van der Waals surface area (Å²) in [6.07, 6.45) is 2.51. The summed E-state index contributed by atoms with van der Waals surface area (Å²) in [6.45, 7) is 2.32. The minimum Gasteiger partial charge on any atom is -0.492 e. The number of aromatic amines is 1. The van der Waals surface area contributed by atoms with Crippen molar-refractivity contribution >= 4 is 27.3 Å². The third kappa shape index (κ3) is 3.18. The van der Waals surface area contributed by atoms with Crippen LogP contribution in [0, 0.1) is 0 Å². The van der Waals surface area contributed by atoms with Crippen LogP contribution in [-0.4, -0.2) is 25.0 Å². The molecule has 0 bridgehead atoms. The van der Waals surface area contributed by atoms with E-state index < -0.39 is 10.0 Å². The van der Waals surface area contributed by atoms with Crippen molar-refractivity contribution in [3.05, 3.63) is 35.7 Å². The third-order valence-electron chi connectivity index (χ3n) is 2.25. The molecule has 8 heteroatoms. The lowest BCUT2D eigenvalue weighted by Crippen LogP contribution is -2.13. The number of ether oxygens (including phenoxy) is 1. The van der Waals surface area contributed by atoms with E-state index in [-0.39, 0.29) is 5.03 Å². The van der Waals surface area contributed by atoms with Crippen molar-refractivity contribution < 1.29 is 13.2 Å². The normalized spacial score (nSPS) is 11.3. The van der Waals surface area contributed by atoms with Crippen molar-refractivity contribution in [1.29, 1.82) is 0 Å². The van der Waals surface area contributed by atoms with Crippen molar-refractivity contribution in [1.82, 2.24) is 9.97 Å². The van der Waals surface area contributed by atoms with Gasteiger partial charge in [0.15, 0.2) is 5.03 Å². The van der Waals surface area contributed by atoms with Crippen LogP contribution < -0.4 is 9.46 Å². The van der Waals surface area contributed by atoms with Gasteiger partial charge in [-0.3, -0.25) is 4.72 Å². The van der Waals surface area contributed by atoms with Crippen molar-refractivity contribution in [3.8, 4) is 5.75 Å². The van der Waals surface area contributed by atoms with E-state index in [0.717, 1.165) is 0 Å². The Morgan fingerprint density at radius 2 is 2.26 bits per heavy atom. The lowest BCUT2D eigenvalue weighted by Gasteiger charge is -2.09. The average molecular weight is 302 g/mol. The minimum absolute atomic E-state index is 0.0162. The van der Waals surface area contributed by atoms with E-state index in [1.807, 2.05) is 6.92 Å². The van der Waals surface area contributed by atoms with Crippen LogP contribution in [0.15, 0.2) is 35.7 Å². The lowest BCUT2D eigenvalue weighted by molar-refractivity contribution is 0.340. The Kier molecular flexibility index (Phi) is 3.96. The number of aromatic nitrogens is 2. The first-order valence-corrected chi connectivity index (χ1v) is 7.32. The molecular weight excluding hydrogens is 290 g/mol. The summed E-state index contributed by atoms with van der Waals surface area (Å²) in [5, 5.41) is 0.323. The summed E-state index contributed by atoms with van der Waals surface area (Å²) < 4.78 is 31.5. The Morgan fingerprint density at radius 1 is 1.47 bits per heavy atom. The van der Waals surface area contributed by atoms with Gasteiger partial charge in [0.2, 0.25) is 0 Å². The van der Waals surface area contributed by atoms with Gasteiger partial charge in [-0.25, -0.2) is 4.98 Å². The Bertz CT molecular complexity index is 656. The fourth-order valence-corrected chi connectivity index (χ4v) is 2.63. The number of nitrogens with one attached hydrogen (secondary N) is 2. The summed E-state index contributed by atoms with van der Waals surface area (Å²) in [6, 6.07) is 4.67. The van der Waals surface area contributed by atoms with Crippen LogP contribution in [0.2, 0.25) is 5.02 Å². The van der Waals surface area contributed by atoms with E-state index in [1.54, 1.807) is 12.1 Å². The third-order valence-corrected chi connectivity index (χ3v) is 3.85. The predicted octanol–water partition coefficient (Wildman–Crippen LogP) is 2.26. The topological polar surface area (TPSA) is 84.1 Å². The van der Waals surface area contributed by atoms with Crippen molar-refractivity contribution in [2.24, 2.45) is 0 Å². The van der Waals surface area contributed by atoms with Gasteiger partial charge < -0.3 is 9.72 Å². The second-order valence-corrected chi connectivity index (χ2v) is 5.66. The molecule has 19 heavy (non-hydrogen) atoms. The number of sulfonamides is 1. The molecule has 1 aromatic carbocycles. The number of imidazole rings is 1. The molecule has 0 saturated carbocycles. The molecule has 0 amide bonds. The maximum absolute atomic E-state index is 11.9. The number of H-pyrrole nitrogens is 1. The smallest absolute Gasteiger partial charge is 0.278 e. The summed E-state index contributed by atoms with van der Waals surface area (Å²) in [4.78, 5) is 6.19. The SMILES string of the molecule is CCOc1ccc(NS(=O)(=O)c2cnc[nH]2)cc1Cl. The van der Waals surface area contributed by atoms with Gasteiger partial charge in [0.05, 0.1) is 29.8 Å². The number of rotatable bonds is 5. The first kappa shape index (κ1) is 13.7. The van der Waals surface area contributed by atoms with E-state index in [0.29, 0.717) is 23.1 Å². The zero-order valence-corrected chi connectivity index (χ0v) is 11.6. The molecule has 2 aromatic rings. The van der Waals surface area contributed by atoms with Gasteiger partial charge >= 0.3 is 0 Å². The summed E-state index contributed by atoms with van der Waals surface area (Å²) in [7, 11) is -3.68. The zero-order chi connectivity index (χ0) is 13.9. The molecule has 102 valence electrons. The molecule has 0 spiro atoms. The van der Waals surface area contributed by atoms with Crippen LogP contribution in [0.4, 0.5) is 5.69 Å². The van der Waals surface area contributed by atoms with Gasteiger partial charge in [0.1, 0.15) is 5.75 Å². The Morgan fingerprint density at radius 3 is 2.84 bits per heavy atom. The molecule has 0 radical (unpaired) electrons. The first-order valence-electron chi connectivity index (χ1n) is 5.46. The van der Waals surface area contributed by atoms with Gasteiger partial charge in [-0.1, -0.05) is 11.6 Å². The second kappa shape index (κ2) is 5.50. The van der Waals surface area contributed by atoms with Crippen LogP contribution >= 0.6 is 11.6 Å². The van der Waals surface area contributed by atoms with Gasteiger partial charge in [-0.2, -0.15) is 8.42 Å². The maximum atomic E-state index is 11.9. The second-order valence-electron chi connectivity index (χ2n) is 3.60. The van der Waals surface area contributed by atoms with E-state index in [4.69, 9.17) is 16.3 Å². The minimum atomic E-state index is -3.68. The predicted molar refractivity (Wildman–Crippen MR) is 72.0 cm³/mol. The highest BCUT2D eigenvalue weighted by Crippen LogP contribution is 2.28. The van der Waals surface area contributed by atoms with Crippen LogP contribution in [0.1, 0.15) is 6.92 Å². The molecule has 2 rings (SSSR count). The Balaban J connectivity index is 2.23. The number of benzene rings is 1. The van der Waals surface area contributed by atoms with Crippen molar-refractivity contribution in [2.75, 3.05) is 11.3 Å². The summed E-state index contributed by atoms with van der Waals surface area (Å²) in [5.41, 5.74) is 0.350. The van der Waals surface area contributed by atoms with E-state index in [9.17, 15) is 8.42 Å². The van der Waals surface area contributed by atoms with Crippen molar-refractivity contribution in [3.63, 3.8) is 0 Å². The van der Waals surface area contributed by atoms with Crippen LogP contribution in [0.3, 0.4) is 0 Å². The molecular formula is C11H12ClN3O3S. The molecule has 0 aliphatic carbocycles. The van der Waals surface area contributed by atoms with Gasteiger partial charge in [-0.05, 0) is 25.1 Å². The number of halogens is 1. The molecule has 1 aromatic heterocycles. The average Bonchev–Trinajstić information content (AvgIpc) is 2.87. The number of hydrogen-bond acceptors (Lipinski definition) is 4. The molecule has 0 fully saturated rings. The summed E-state index contributed by atoms with van der Waals surface area (Å²) >= 11 is 5.98. The molecule has 0 atom stereocenters. The van der Waals surface area contributed by atoms with E-state index >= 15 is 0 Å². The molecule has 0 aliphatic rings. The number of nitrogens with zero attached hydrogens (tertiary/aromatic N) is 1. The number of anilines is 1. The van der Waals surface area contributed by atoms with E-state index in [1.165, 1.54) is 18.6 Å². The highest BCUT2D eigenvalue weighted by molar-refractivity contribution is 7.92. The maximum Gasteiger partial charge on any atom is 0.278 e. The molecule has 0 aliphatic heterocycles. The van der Waals surface area contributed by atoms with Gasteiger partial charge in [-0.15, -0.1) is 0 Å². The molecule has 1 heterocycles. The highest BCUT2D eigenvalue weighted by Gasteiger charge is 2.16. The van der Waals surface area contributed by atoms with E-state index in [2.05, 4.69) is 14.7 Å². The molecule has 6 nitrogen and oxygen atoms in total. The Labute approximate surface area is 115 Å². The van der Waals surface area contributed by atoms with Crippen LogP contribution in [0.25, 0.3) is 0 Å². The molecule has 2 N–H and O–H groups in total. The fraction of sp³-hybridized carbons (Fsp3) is 0.182. The Hall–Kier alpha value is -1.73. The quantitative estimate of drug-likeness (QED) is 0.887. The van der Waals surface area contributed by atoms with Crippen LogP contribution in [-0.2, 0) is 10.0 Å². The first-order chi connectivity index (χ1) is 9.03. The van der Waals surface area contributed by atoms with Crippen LogP contribution in [0.5, 0.6) is 5.75 Å². The summed E-state index contributed by atoms with van der Waals surface area (Å²) in [5.74, 6) is 0.508. The largest absolute Gasteiger partial charge is 0.492 e. The zero-order valence-electron chi connectivity index (χ0n) is 10.1. The highest BCUT2D eigenvalue weighted by atomic mass is 35.5. The standard InChI is InChI=1S/C11H12ClN3O3S/c1-2-18-10-4-3-8(5-9(10)12)15-19(16,17)11-6-13-7-14-11/h3-7,15H,2H2,1H3,(H,13,14). The van der Waals surface area contributed by atoms with Gasteiger partial charge in [0, 0.05) is 0 Å².